The normalized spacial score (nSPS) is 17.0. The van der Waals surface area contributed by atoms with Crippen molar-refractivity contribution in [3.05, 3.63) is 65.4 Å². The highest BCUT2D eigenvalue weighted by atomic mass is 16.2. The number of anilines is 1. The summed E-state index contributed by atoms with van der Waals surface area (Å²) in [6.45, 7) is 6.16. The highest BCUT2D eigenvalue weighted by molar-refractivity contribution is 6.06. The molecule has 26 heavy (non-hydrogen) atoms. The fourth-order valence-electron chi connectivity index (χ4n) is 3.68. The zero-order valence-electron chi connectivity index (χ0n) is 15.4. The number of H-pyrrole nitrogens is 1. The van der Waals surface area contributed by atoms with Crippen LogP contribution in [-0.4, -0.2) is 29.2 Å². The van der Waals surface area contributed by atoms with Crippen LogP contribution in [0.1, 0.15) is 30.7 Å². The molecule has 4 heteroatoms. The van der Waals surface area contributed by atoms with E-state index >= 15 is 0 Å². The number of aromatic amines is 1. The van der Waals surface area contributed by atoms with E-state index in [0.29, 0.717) is 6.42 Å². The Morgan fingerprint density at radius 3 is 2.73 bits per heavy atom. The van der Waals surface area contributed by atoms with Crippen LogP contribution in [0.25, 0.3) is 10.9 Å². The van der Waals surface area contributed by atoms with Crippen LogP contribution in [0.15, 0.2) is 53.5 Å². The van der Waals surface area contributed by atoms with Gasteiger partial charge in [0.05, 0.1) is 5.69 Å². The zero-order valence-corrected chi connectivity index (χ0v) is 15.4. The van der Waals surface area contributed by atoms with Crippen molar-refractivity contribution >= 4 is 28.7 Å². The molecule has 1 N–H and O–H groups in total. The molecule has 0 bridgehead atoms. The molecule has 0 spiro atoms. The predicted molar refractivity (Wildman–Crippen MR) is 107 cm³/mol. The van der Waals surface area contributed by atoms with Gasteiger partial charge in [-0.15, -0.1) is 0 Å². The van der Waals surface area contributed by atoms with Crippen molar-refractivity contribution < 1.29 is 4.79 Å². The molecule has 0 radical (unpaired) electrons. The molecule has 1 aliphatic heterocycles. The van der Waals surface area contributed by atoms with Gasteiger partial charge in [-0.2, -0.15) is 0 Å². The third-order valence-corrected chi connectivity index (χ3v) is 4.98. The van der Waals surface area contributed by atoms with Gasteiger partial charge in [0.1, 0.15) is 6.04 Å². The highest BCUT2D eigenvalue weighted by Gasteiger charge is 2.31. The van der Waals surface area contributed by atoms with Gasteiger partial charge in [-0.25, -0.2) is 0 Å². The Morgan fingerprint density at radius 2 is 1.96 bits per heavy atom. The van der Waals surface area contributed by atoms with Crippen LogP contribution < -0.4 is 4.90 Å². The monoisotopic (exact) mass is 345 g/mol. The van der Waals surface area contributed by atoms with Crippen molar-refractivity contribution in [1.82, 2.24) is 4.98 Å². The molecule has 132 valence electrons. The molecular weight excluding hydrogens is 322 g/mol. The zero-order chi connectivity index (χ0) is 18.3. The number of amides is 1. The Kier molecular flexibility index (Phi) is 4.11. The van der Waals surface area contributed by atoms with Crippen LogP contribution >= 0.6 is 0 Å². The molecule has 1 aliphatic rings. The number of benzodiazepines with no additional fused rings is 1. The first-order valence-electron chi connectivity index (χ1n) is 9.07. The first-order valence-corrected chi connectivity index (χ1v) is 9.07. The maximum Gasteiger partial charge on any atom is 0.252 e. The number of para-hydroxylation sites is 1. The average Bonchev–Trinajstić information content (AvgIpc) is 2.95. The largest absolute Gasteiger partial charge is 0.358 e. The Labute approximate surface area is 153 Å². The van der Waals surface area contributed by atoms with E-state index < -0.39 is 6.04 Å². The first-order chi connectivity index (χ1) is 12.5. The van der Waals surface area contributed by atoms with Crippen LogP contribution in [0.5, 0.6) is 0 Å². The number of aromatic nitrogens is 1. The summed E-state index contributed by atoms with van der Waals surface area (Å²) in [5.41, 5.74) is 5.25. The SMILES string of the molecule is Cc1cccc2c1C=NC(Cc1cc3ccccc3[nH]1)C(=O)N2C(C)C. The number of carbonyl (C=O) groups is 1. The summed E-state index contributed by atoms with van der Waals surface area (Å²) < 4.78 is 0. The molecule has 4 rings (SSSR count). The van der Waals surface area contributed by atoms with Gasteiger partial charge in [-0.3, -0.25) is 9.79 Å². The number of aryl methyl sites for hydroxylation is 1. The molecule has 0 aliphatic carbocycles. The molecule has 2 aromatic carbocycles. The van der Waals surface area contributed by atoms with Crippen molar-refractivity contribution in [2.24, 2.45) is 4.99 Å². The number of carbonyl (C=O) groups excluding carboxylic acids is 1. The number of fused-ring (bicyclic) bond motifs is 2. The Balaban J connectivity index is 1.72. The summed E-state index contributed by atoms with van der Waals surface area (Å²) in [6, 6.07) is 16.0. The van der Waals surface area contributed by atoms with Gasteiger partial charge in [0.15, 0.2) is 0 Å². The minimum Gasteiger partial charge on any atom is -0.358 e. The number of hydrogen-bond acceptors (Lipinski definition) is 2. The van der Waals surface area contributed by atoms with Gasteiger partial charge < -0.3 is 9.88 Å². The molecule has 0 saturated heterocycles. The summed E-state index contributed by atoms with van der Waals surface area (Å²) in [5.74, 6) is 0.0549. The highest BCUT2D eigenvalue weighted by Crippen LogP contribution is 2.28. The maximum absolute atomic E-state index is 13.3. The summed E-state index contributed by atoms with van der Waals surface area (Å²) >= 11 is 0. The number of aliphatic imine (C=N–C) groups is 1. The van der Waals surface area contributed by atoms with Crippen molar-refractivity contribution in [2.75, 3.05) is 4.90 Å². The third kappa shape index (κ3) is 2.81. The first kappa shape index (κ1) is 16.6. The third-order valence-electron chi connectivity index (χ3n) is 4.98. The van der Waals surface area contributed by atoms with Gasteiger partial charge in [0.2, 0.25) is 0 Å². The smallest absolute Gasteiger partial charge is 0.252 e. The number of rotatable bonds is 3. The van der Waals surface area contributed by atoms with Crippen molar-refractivity contribution in [3.63, 3.8) is 0 Å². The molecule has 1 aromatic heterocycles. The molecule has 4 nitrogen and oxygen atoms in total. The Bertz CT molecular complexity index is 967. The van der Waals surface area contributed by atoms with E-state index in [1.165, 1.54) is 0 Å². The van der Waals surface area contributed by atoms with Gasteiger partial charge in [-0.05, 0) is 49.9 Å². The number of nitrogens with zero attached hydrogens (tertiary/aromatic N) is 2. The minimum absolute atomic E-state index is 0.0549. The van der Waals surface area contributed by atoms with Gasteiger partial charge in [0.25, 0.3) is 5.91 Å². The van der Waals surface area contributed by atoms with Gasteiger partial charge >= 0.3 is 0 Å². The van der Waals surface area contributed by atoms with Crippen LogP contribution in [-0.2, 0) is 11.2 Å². The lowest BCUT2D eigenvalue weighted by atomic mass is 10.1. The predicted octanol–water partition coefficient (Wildman–Crippen LogP) is 4.26. The fraction of sp³-hybridized carbons (Fsp3) is 0.273. The van der Waals surface area contributed by atoms with Gasteiger partial charge in [-0.1, -0.05) is 30.3 Å². The van der Waals surface area contributed by atoms with E-state index in [4.69, 9.17) is 0 Å². The summed E-state index contributed by atoms with van der Waals surface area (Å²) in [5, 5.41) is 1.16. The second-order valence-electron chi connectivity index (χ2n) is 7.19. The molecular formula is C22H23N3O. The van der Waals surface area contributed by atoms with E-state index in [1.54, 1.807) is 0 Å². The Hall–Kier alpha value is -2.88. The van der Waals surface area contributed by atoms with Crippen molar-refractivity contribution in [2.45, 2.75) is 39.3 Å². The molecule has 1 atom stereocenters. The van der Waals surface area contributed by atoms with E-state index in [-0.39, 0.29) is 11.9 Å². The van der Waals surface area contributed by atoms with Crippen molar-refractivity contribution in [1.29, 1.82) is 0 Å². The lowest BCUT2D eigenvalue weighted by molar-refractivity contribution is -0.120. The lowest BCUT2D eigenvalue weighted by Crippen LogP contribution is -2.43. The van der Waals surface area contributed by atoms with Crippen molar-refractivity contribution in [3.8, 4) is 0 Å². The number of benzene rings is 2. The molecule has 2 heterocycles. The maximum atomic E-state index is 13.3. The molecule has 0 saturated carbocycles. The lowest BCUT2D eigenvalue weighted by Gasteiger charge is -2.29. The molecule has 0 fully saturated rings. The van der Waals surface area contributed by atoms with Crippen LogP contribution in [0, 0.1) is 6.92 Å². The van der Waals surface area contributed by atoms with Crippen LogP contribution in [0.2, 0.25) is 0 Å². The number of hydrogen-bond donors (Lipinski definition) is 1. The average molecular weight is 345 g/mol. The second-order valence-corrected chi connectivity index (χ2v) is 7.19. The van der Waals surface area contributed by atoms with Crippen LogP contribution in [0.4, 0.5) is 5.69 Å². The molecule has 3 aromatic rings. The summed E-state index contributed by atoms with van der Waals surface area (Å²) in [7, 11) is 0. The number of nitrogens with one attached hydrogen (secondary N) is 1. The topological polar surface area (TPSA) is 48.5 Å². The molecule has 1 amide bonds. The quantitative estimate of drug-likeness (QED) is 0.757. The summed E-state index contributed by atoms with van der Waals surface area (Å²) in [4.78, 5) is 23.3. The van der Waals surface area contributed by atoms with E-state index in [0.717, 1.165) is 33.4 Å². The van der Waals surface area contributed by atoms with E-state index in [2.05, 4.69) is 55.0 Å². The summed E-state index contributed by atoms with van der Waals surface area (Å²) in [6.07, 6.45) is 2.44. The Morgan fingerprint density at radius 1 is 1.15 bits per heavy atom. The standard InChI is InChI=1S/C22H23N3O/c1-14(2)25-21-10-6-7-15(3)18(21)13-23-20(22(25)26)12-17-11-16-8-4-5-9-19(16)24-17/h4-11,13-14,20,24H,12H2,1-3H3. The minimum atomic E-state index is -0.419. The second kappa shape index (κ2) is 6.45. The fourth-order valence-corrected chi connectivity index (χ4v) is 3.68. The van der Waals surface area contributed by atoms with E-state index in [9.17, 15) is 4.79 Å². The van der Waals surface area contributed by atoms with E-state index in [1.807, 2.05) is 35.4 Å². The van der Waals surface area contributed by atoms with Crippen LogP contribution in [0.3, 0.4) is 0 Å². The van der Waals surface area contributed by atoms with Gasteiger partial charge in [0, 0.05) is 35.5 Å². The molecule has 1 unspecified atom stereocenters.